The molecule has 1 rings (SSSR count). The predicted molar refractivity (Wildman–Crippen MR) is 76.4 cm³/mol. The lowest BCUT2D eigenvalue weighted by molar-refractivity contribution is 0.648. The highest BCUT2D eigenvalue weighted by Crippen LogP contribution is 2.28. The Morgan fingerprint density at radius 1 is 1.18 bits per heavy atom. The Kier molecular flexibility index (Phi) is 5.49. The maximum atomic E-state index is 6.20. The molecule has 17 heavy (non-hydrogen) atoms. The zero-order valence-corrected chi connectivity index (χ0v) is 11.6. The Morgan fingerprint density at radius 2 is 1.82 bits per heavy atom. The average molecular weight is 234 g/mol. The van der Waals surface area contributed by atoms with Crippen molar-refractivity contribution in [3.8, 4) is 0 Å². The van der Waals surface area contributed by atoms with Gasteiger partial charge in [0.15, 0.2) is 0 Å². The minimum Gasteiger partial charge on any atom is -0.369 e. The van der Waals surface area contributed by atoms with Gasteiger partial charge < -0.3 is 10.6 Å². The number of nitrogens with zero attached hydrogens (tertiary/aromatic N) is 1. The fourth-order valence-corrected chi connectivity index (χ4v) is 2.18. The third-order valence-corrected chi connectivity index (χ3v) is 3.17. The molecule has 0 aromatic heterocycles. The second kappa shape index (κ2) is 6.65. The molecule has 1 aromatic rings. The van der Waals surface area contributed by atoms with Crippen molar-refractivity contribution in [3.63, 3.8) is 0 Å². The van der Waals surface area contributed by atoms with E-state index in [1.165, 1.54) is 11.3 Å². The van der Waals surface area contributed by atoms with Gasteiger partial charge in [0.25, 0.3) is 0 Å². The van der Waals surface area contributed by atoms with Gasteiger partial charge in [-0.25, -0.2) is 0 Å². The molecule has 2 N–H and O–H groups in total. The van der Waals surface area contributed by atoms with Gasteiger partial charge in [0.1, 0.15) is 0 Å². The molecule has 1 atom stereocenters. The molecule has 2 nitrogen and oxygen atoms in total. The van der Waals surface area contributed by atoms with Gasteiger partial charge in [0, 0.05) is 24.3 Å². The monoisotopic (exact) mass is 234 g/mol. The fraction of sp³-hybridized carbons (Fsp3) is 0.600. The van der Waals surface area contributed by atoms with Gasteiger partial charge in [-0.15, -0.1) is 0 Å². The summed E-state index contributed by atoms with van der Waals surface area (Å²) in [5.74, 6) is 0. The highest BCUT2D eigenvalue weighted by molar-refractivity contribution is 5.55. The van der Waals surface area contributed by atoms with E-state index >= 15 is 0 Å². The number of nitrogens with two attached hydrogens (primary N) is 1. The Morgan fingerprint density at radius 3 is 2.35 bits per heavy atom. The van der Waals surface area contributed by atoms with Crippen LogP contribution in [0, 0.1) is 0 Å². The van der Waals surface area contributed by atoms with Crippen LogP contribution in [0.2, 0.25) is 0 Å². The molecular formula is C15H26N2. The summed E-state index contributed by atoms with van der Waals surface area (Å²) >= 11 is 0. The van der Waals surface area contributed by atoms with E-state index in [-0.39, 0.29) is 6.04 Å². The molecule has 96 valence electrons. The van der Waals surface area contributed by atoms with Gasteiger partial charge in [-0.05, 0) is 38.3 Å². The summed E-state index contributed by atoms with van der Waals surface area (Å²) < 4.78 is 0. The number of rotatable bonds is 6. The van der Waals surface area contributed by atoms with E-state index in [2.05, 4.69) is 56.9 Å². The zero-order valence-electron chi connectivity index (χ0n) is 11.6. The fourth-order valence-electron chi connectivity index (χ4n) is 2.18. The highest BCUT2D eigenvalue weighted by Gasteiger charge is 2.16. The first kappa shape index (κ1) is 14.0. The molecule has 2 heteroatoms. The number of anilines is 1. The lowest BCUT2D eigenvalue weighted by Crippen LogP contribution is -2.33. The summed E-state index contributed by atoms with van der Waals surface area (Å²) in [6, 6.07) is 9.20. The third kappa shape index (κ3) is 3.47. The minimum absolute atomic E-state index is 0.143. The predicted octanol–water partition coefficient (Wildman–Crippen LogP) is 3.72. The number of para-hydroxylation sites is 1. The van der Waals surface area contributed by atoms with E-state index in [0.717, 1.165) is 19.4 Å². The third-order valence-electron chi connectivity index (χ3n) is 3.17. The summed E-state index contributed by atoms with van der Waals surface area (Å²) in [5, 5.41) is 0. The van der Waals surface area contributed by atoms with E-state index in [9.17, 15) is 0 Å². The quantitative estimate of drug-likeness (QED) is 0.813. The van der Waals surface area contributed by atoms with Crippen LogP contribution in [0.4, 0.5) is 5.69 Å². The molecule has 0 bridgehead atoms. The summed E-state index contributed by atoms with van der Waals surface area (Å²) in [4.78, 5) is 2.45. The van der Waals surface area contributed by atoms with E-state index in [0.29, 0.717) is 6.04 Å². The SMILES string of the molecule is CCCN(c1ccccc1C(N)CC)C(C)C. The van der Waals surface area contributed by atoms with Crippen molar-refractivity contribution in [1.82, 2.24) is 0 Å². The Bertz CT molecular complexity index is 333. The van der Waals surface area contributed by atoms with Crippen LogP contribution in [0.25, 0.3) is 0 Å². The van der Waals surface area contributed by atoms with Gasteiger partial charge >= 0.3 is 0 Å². The van der Waals surface area contributed by atoms with Gasteiger partial charge in [-0.2, -0.15) is 0 Å². The second-order valence-corrected chi connectivity index (χ2v) is 4.86. The summed E-state index contributed by atoms with van der Waals surface area (Å²) in [7, 11) is 0. The molecule has 0 heterocycles. The smallest absolute Gasteiger partial charge is 0.0416 e. The lowest BCUT2D eigenvalue weighted by atomic mass is 10.0. The normalized spacial score (nSPS) is 12.8. The van der Waals surface area contributed by atoms with Crippen molar-refractivity contribution >= 4 is 5.69 Å². The standard InChI is InChI=1S/C15H26N2/c1-5-11-17(12(3)4)15-10-8-7-9-13(15)14(16)6-2/h7-10,12,14H,5-6,11,16H2,1-4H3. The van der Waals surface area contributed by atoms with Gasteiger partial charge in [0.2, 0.25) is 0 Å². The zero-order chi connectivity index (χ0) is 12.8. The molecule has 0 amide bonds. The van der Waals surface area contributed by atoms with E-state index in [4.69, 9.17) is 5.73 Å². The van der Waals surface area contributed by atoms with Crippen LogP contribution in [0.1, 0.15) is 52.1 Å². The Hall–Kier alpha value is -1.02. The molecule has 1 aromatic carbocycles. The summed E-state index contributed by atoms with van der Waals surface area (Å²) in [6.45, 7) is 9.93. The summed E-state index contributed by atoms with van der Waals surface area (Å²) in [5.41, 5.74) is 8.78. The minimum atomic E-state index is 0.143. The molecule has 0 radical (unpaired) electrons. The van der Waals surface area contributed by atoms with Crippen LogP contribution in [0.5, 0.6) is 0 Å². The second-order valence-electron chi connectivity index (χ2n) is 4.86. The van der Waals surface area contributed by atoms with Crippen LogP contribution in [-0.4, -0.2) is 12.6 Å². The lowest BCUT2D eigenvalue weighted by Gasteiger charge is -2.32. The van der Waals surface area contributed by atoms with E-state index in [1.54, 1.807) is 0 Å². The van der Waals surface area contributed by atoms with Crippen LogP contribution in [0.15, 0.2) is 24.3 Å². The number of hydrogen-bond donors (Lipinski definition) is 1. The Labute approximate surface area is 106 Å². The first-order chi connectivity index (χ1) is 8.11. The number of hydrogen-bond acceptors (Lipinski definition) is 2. The maximum Gasteiger partial charge on any atom is 0.0416 e. The van der Waals surface area contributed by atoms with Gasteiger partial charge in [0.05, 0.1) is 0 Å². The van der Waals surface area contributed by atoms with Crippen molar-refractivity contribution < 1.29 is 0 Å². The van der Waals surface area contributed by atoms with Gasteiger partial charge in [-0.3, -0.25) is 0 Å². The first-order valence-electron chi connectivity index (χ1n) is 6.72. The van der Waals surface area contributed by atoms with Crippen molar-refractivity contribution in [2.75, 3.05) is 11.4 Å². The molecule has 1 unspecified atom stereocenters. The van der Waals surface area contributed by atoms with Crippen molar-refractivity contribution in [1.29, 1.82) is 0 Å². The van der Waals surface area contributed by atoms with E-state index in [1.807, 2.05) is 0 Å². The maximum absolute atomic E-state index is 6.20. The highest BCUT2D eigenvalue weighted by atomic mass is 15.2. The molecule has 0 aliphatic carbocycles. The molecule has 0 saturated carbocycles. The summed E-state index contributed by atoms with van der Waals surface area (Å²) in [6.07, 6.45) is 2.14. The van der Waals surface area contributed by atoms with Crippen molar-refractivity contribution in [3.05, 3.63) is 29.8 Å². The van der Waals surface area contributed by atoms with Crippen LogP contribution in [0.3, 0.4) is 0 Å². The molecule has 0 fully saturated rings. The average Bonchev–Trinajstić information content (AvgIpc) is 2.34. The molecule has 0 spiro atoms. The molecule has 0 aliphatic rings. The van der Waals surface area contributed by atoms with E-state index < -0.39 is 0 Å². The Balaban J connectivity index is 3.09. The van der Waals surface area contributed by atoms with Gasteiger partial charge in [-0.1, -0.05) is 32.0 Å². The number of benzene rings is 1. The van der Waals surface area contributed by atoms with Crippen LogP contribution in [-0.2, 0) is 0 Å². The molecule has 0 saturated heterocycles. The largest absolute Gasteiger partial charge is 0.369 e. The topological polar surface area (TPSA) is 29.3 Å². The first-order valence-corrected chi connectivity index (χ1v) is 6.72. The van der Waals surface area contributed by atoms with Crippen molar-refractivity contribution in [2.45, 2.75) is 52.6 Å². The van der Waals surface area contributed by atoms with Crippen LogP contribution >= 0.6 is 0 Å². The van der Waals surface area contributed by atoms with Crippen LogP contribution < -0.4 is 10.6 Å². The van der Waals surface area contributed by atoms with Crippen molar-refractivity contribution in [2.24, 2.45) is 5.73 Å². The molecule has 0 aliphatic heterocycles. The molecular weight excluding hydrogens is 208 g/mol.